The average Bonchev–Trinajstić information content (AvgIpc) is 3.14. The van der Waals surface area contributed by atoms with Gasteiger partial charge in [0.2, 0.25) is 5.65 Å². The number of fused-ring (bicyclic) bond motifs is 3. The topological polar surface area (TPSA) is 88.8 Å². The predicted molar refractivity (Wildman–Crippen MR) is 101 cm³/mol. The van der Waals surface area contributed by atoms with Crippen molar-refractivity contribution >= 4 is 28.6 Å². The molecule has 1 fully saturated rings. The quantitative estimate of drug-likeness (QED) is 0.537. The molecule has 0 radical (unpaired) electrons. The van der Waals surface area contributed by atoms with Crippen molar-refractivity contribution in [3.8, 4) is 0 Å². The Hall–Kier alpha value is -3.25. The van der Waals surface area contributed by atoms with E-state index in [-0.39, 0.29) is 16.7 Å². The molecule has 0 bridgehead atoms. The summed E-state index contributed by atoms with van der Waals surface area (Å²) >= 11 is 0. The molecule has 4 rings (SSSR count). The fraction of sp³-hybridized carbons (Fsp3) is 0.500. The molecular formula is C18H19F4N7O2. The molecule has 1 aromatic carbocycles. The summed E-state index contributed by atoms with van der Waals surface area (Å²) in [6, 6.07) is 1.37. The molecule has 1 saturated heterocycles. The number of carbonyl (C=O) groups excluding carboxylic acids is 1. The number of hydrogen-bond donors (Lipinski definition) is 0. The molecule has 1 aliphatic heterocycles. The third-order valence-corrected chi connectivity index (χ3v) is 4.72. The number of halogens is 4. The fourth-order valence-corrected chi connectivity index (χ4v) is 3.32. The van der Waals surface area contributed by atoms with E-state index < -0.39 is 29.3 Å². The van der Waals surface area contributed by atoms with E-state index in [9.17, 15) is 22.4 Å². The summed E-state index contributed by atoms with van der Waals surface area (Å²) in [4.78, 5) is 19.9. The third kappa shape index (κ3) is 4.03. The van der Waals surface area contributed by atoms with Gasteiger partial charge >= 0.3 is 12.3 Å². The number of aromatic nitrogens is 5. The van der Waals surface area contributed by atoms with E-state index in [0.29, 0.717) is 38.1 Å². The molecule has 0 atom stereocenters. The van der Waals surface area contributed by atoms with E-state index in [1.165, 1.54) is 0 Å². The molecule has 1 aliphatic rings. The van der Waals surface area contributed by atoms with Gasteiger partial charge in [0.15, 0.2) is 5.82 Å². The first-order valence-corrected chi connectivity index (χ1v) is 9.45. The smallest absolute Gasteiger partial charge is 0.419 e. The molecular weight excluding hydrogens is 422 g/mol. The summed E-state index contributed by atoms with van der Waals surface area (Å²) in [6.45, 7) is 6.73. The number of piperazine rings is 1. The van der Waals surface area contributed by atoms with Gasteiger partial charge in [-0.2, -0.15) is 17.7 Å². The fourth-order valence-electron chi connectivity index (χ4n) is 3.32. The van der Waals surface area contributed by atoms with Crippen LogP contribution in [0.15, 0.2) is 12.1 Å². The Balaban J connectivity index is 1.66. The van der Waals surface area contributed by atoms with Gasteiger partial charge in [0.25, 0.3) is 0 Å². The maximum absolute atomic E-state index is 14.1. The molecule has 31 heavy (non-hydrogen) atoms. The molecule has 0 N–H and O–H groups in total. The van der Waals surface area contributed by atoms with Crippen molar-refractivity contribution in [2.75, 3.05) is 31.1 Å². The normalized spacial score (nSPS) is 15.7. The van der Waals surface area contributed by atoms with E-state index in [1.54, 1.807) is 30.6 Å². The minimum Gasteiger partial charge on any atom is -0.444 e. The molecule has 0 unspecified atom stereocenters. The Morgan fingerprint density at radius 1 is 1.10 bits per heavy atom. The van der Waals surface area contributed by atoms with Crippen LogP contribution in [0.3, 0.4) is 0 Å². The number of alkyl halides is 3. The molecule has 0 spiro atoms. The summed E-state index contributed by atoms with van der Waals surface area (Å²) < 4.78 is 59.9. The number of tetrazole rings is 1. The van der Waals surface area contributed by atoms with Crippen LogP contribution in [-0.2, 0) is 10.9 Å². The second-order valence-corrected chi connectivity index (χ2v) is 8.12. The first-order chi connectivity index (χ1) is 14.4. The second kappa shape index (κ2) is 7.17. The van der Waals surface area contributed by atoms with Gasteiger partial charge in [0.1, 0.15) is 11.4 Å². The van der Waals surface area contributed by atoms with E-state index >= 15 is 0 Å². The van der Waals surface area contributed by atoms with Crippen molar-refractivity contribution in [3.05, 3.63) is 23.5 Å². The number of benzene rings is 1. The highest BCUT2D eigenvalue weighted by atomic mass is 19.4. The lowest BCUT2D eigenvalue weighted by molar-refractivity contribution is -0.139. The molecule has 3 heterocycles. The molecule has 1 amide bonds. The predicted octanol–water partition coefficient (Wildman–Crippen LogP) is 2.89. The molecule has 13 heteroatoms. The third-order valence-electron chi connectivity index (χ3n) is 4.72. The number of nitrogens with zero attached hydrogens (tertiary/aromatic N) is 7. The summed E-state index contributed by atoms with van der Waals surface area (Å²) in [7, 11) is 0. The van der Waals surface area contributed by atoms with Gasteiger partial charge < -0.3 is 14.5 Å². The zero-order valence-corrected chi connectivity index (χ0v) is 16.9. The summed E-state index contributed by atoms with van der Waals surface area (Å²) in [6.07, 6.45) is -5.30. The maximum Gasteiger partial charge on any atom is 0.419 e. The summed E-state index contributed by atoms with van der Waals surface area (Å²) in [5.74, 6) is -1.14. The molecule has 0 aliphatic carbocycles. The highest BCUT2D eigenvalue weighted by molar-refractivity contribution is 5.83. The maximum atomic E-state index is 14.1. The minimum atomic E-state index is -4.87. The second-order valence-electron chi connectivity index (χ2n) is 8.12. The van der Waals surface area contributed by atoms with Crippen molar-refractivity contribution in [1.82, 2.24) is 29.9 Å². The summed E-state index contributed by atoms with van der Waals surface area (Å²) in [5.41, 5.74) is -1.98. The van der Waals surface area contributed by atoms with Crippen LogP contribution in [0.4, 0.5) is 28.2 Å². The van der Waals surface area contributed by atoms with E-state index in [2.05, 4.69) is 20.5 Å². The Bertz CT molecular complexity index is 1150. The van der Waals surface area contributed by atoms with Crippen LogP contribution >= 0.6 is 0 Å². The van der Waals surface area contributed by atoms with Gasteiger partial charge in [-0.15, -0.1) is 5.10 Å². The van der Waals surface area contributed by atoms with Gasteiger partial charge in [-0.3, -0.25) is 0 Å². The van der Waals surface area contributed by atoms with Gasteiger partial charge in [0, 0.05) is 32.2 Å². The number of rotatable bonds is 1. The standard InChI is InChI=1S/C18H19F4N7O2/c1-17(2,3)31-16(30)28-6-4-27(5-7-28)14-15-24-25-26-29(15)13-8-10(18(20,21)22)11(19)9-12(13)23-14/h8-9H,4-7H2,1-3H3. The molecule has 166 valence electrons. The van der Waals surface area contributed by atoms with Crippen LogP contribution in [-0.4, -0.2) is 67.8 Å². The Kier molecular flexibility index (Phi) is 4.85. The number of carbonyl (C=O) groups is 1. The first-order valence-electron chi connectivity index (χ1n) is 9.45. The van der Waals surface area contributed by atoms with E-state index in [0.717, 1.165) is 10.6 Å². The van der Waals surface area contributed by atoms with Crippen LogP contribution in [0.1, 0.15) is 26.3 Å². The van der Waals surface area contributed by atoms with Gasteiger partial charge in [-0.1, -0.05) is 0 Å². The Labute approximate surface area is 173 Å². The molecule has 2 aromatic heterocycles. The molecule has 3 aromatic rings. The number of hydrogen-bond acceptors (Lipinski definition) is 7. The minimum absolute atomic E-state index is 0.0186. The van der Waals surface area contributed by atoms with Crippen molar-refractivity contribution in [3.63, 3.8) is 0 Å². The highest BCUT2D eigenvalue weighted by Crippen LogP contribution is 2.34. The van der Waals surface area contributed by atoms with Crippen LogP contribution in [0.25, 0.3) is 16.7 Å². The van der Waals surface area contributed by atoms with Crippen molar-refractivity contribution in [2.24, 2.45) is 0 Å². The van der Waals surface area contributed by atoms with Crippen molar-refractivity contribution in [1.29, 1.82) is 0 Å². The van der Waals surface area contributed by atoms with Crippen LogP contribution in [0.2, 0.25) is 0 Å². The average molecular weight is 441 g/mol. The molecule has 9 nitrogen and oxygen atoms in total. The molecule has 0 saturated carbocycles. The summed E-state index contributed by atoms with van der Waals surface area (Å²) in [5, 5.41) is 11.2. The lowest BCUT2D eigenvalue weighted by Crippen LogP contribution is -2.50. The van der Waals surface area contributed by atoms with Crippen molar-refractivity contribution < 1.29 is 27.1 Å². The monoisotopic (exact) mass is 441 g/mol. The largest absolute Gasteiger partial charge is 0.444 e. The van der Waals surface area contributed by atoms with Crippen molar-refractivity contribution in [2.45, 2.75) is 32.5 Å². The van der Waals surface area contributed by atoms with E-state index in [4.69, 9.17) is 4.74 Å². The SMILES string of the molecule is CC(C)(C)OC(=O)N1CCN(c2nc3cc(F)c(C(F)(F)F)cc3n3nnnc23)CC1. The first kappa shape index (κ1) is 21.0. The zero-order chi connectivity index (χ0) is 22.6. The van der Waals surface area contributed by atoms with Crippen LogP contribution in [0.5, 0.6) is 0 Å². The lowest BCUT2D eigenvalue weighted by atomic mass is 10.1. The Morgan fingerprint density at radius 2 is 1.77 bits per heavy atom. The van der Waals surface area contributed by atoms with E-state index in [1.807, 2.05) is 0 Å². The lowest BCUT2D eigenvalue weighted by Gasteiger charge is -2.36. The number of ether oxygens (including phenoxy) is 1. The van der Waals surface area contributed by atoms with Gasteiger partial charge in [0.05, 0.1) is 16.6 Å². The number of amides is 1. The number of anilines is 1. The van der Waals surface area contributed by atoms with Gasteiger partial charge in [-0.25, -0.2) is 14.2 Å². The van der Waals surface area contributed by atoms with Gasteiger partial charge in [-0.05, 0) is 37.3 Å². The highest BCUT2D eigenvalue weighted by Gasteiger charge is 2.35. The zero-order valence-electron chi connectivity index (χ0n) is 16.9. The van der Waals surface area contributed by atoms with Crippen LogP contribution in [0, 0.1) is 5.82 Å². The Morgan fingerprint density at radius 3 is 2.39 bits per heavy atom. The van der Waals surface area contributed by atoms with Crippen LogP contribution < -0.4 is 4.90 Å².